The van der Waals surface area contributed by atoms with E-state index in [1.54, 1.807) is 7.11 Å². The van der Waals surface area contributed by atoms with Gasteiger partial charge >= 0.3 is 0 Å². The maximum atomic E-state index is 6.32. The summed E-state index contributed by atoms with van der Waals surface area (Å²) in [4.78, 5) is 0. The fourth-order valence-corrected chi connectivity index (χ4v) is 2.37. The van der Waals surface area contributed by atoms with E-state index in [9.17, 15) is 0 Å². The highest BCUT2D eigenvalue weighted by Gasteiger charge is 2.19. The Labute approximate surface area is 117 Å². The second-order valence-electron chi connectivity index (χ2n) is 4.97. The van der Waals surface area contributed by atoms with E-state index < -0.39 is 0 Å². The Bertz CT molecular complexity index is 373. The minimum Gasteiger partial charge on any atom is -0.496 e. The first-order chi connectivity index (χ1) is 9.12. The molecular weight excluding hydrogens is 238 g/mol. The summed E-state index contributed by atoms with van der Waals surface area (Å²) in [6.45, 7) is 6.97. The van der Waals surface area contributed by atoms with Crippen molar-refractivity contribution in [1.82, 2.24) is 0 Å². The molecule has 0 aliphatic heterocycles. The van der Waals surface area contributed by atoms with Crippen LogP contribution >= 0.6 is 0 Å². The van der Waals surface area contributed by atoms with Crippen molar-refractivity contribution >= 4 is 0 Å². The van der Waals surface area contributed by atoms with Crippen molar-refractivity contribution in [1.29, 1.82) is 0 Å². The monoisotopic (exact) mass is 265 g/mol. The second kappa shape index (κ2) is 8.18. The summed E-state index contributed by atoms with van der Waals surface area (Å²) >= 11 is 0. The third-order valence-electron chi connectivity index (χ3n) is 3.32. The molecule has 0 amide bonds. The standard InChI is InChI=1S/C16H27NO2/c1-5-7-16(19-6-2)14(17)11-13-10-12(3)8-9-15(13)18-4/h8-10,14,16H,5-7,11,17H2,1-4H3. The molecule has 0 saturated heterocycles. The van der Waals surface area contributed by atoms with Crippen LogP contribution < -0.4 is 10.5 Å². The highest BCUT2D eigenvalue weighted by Crippen LogP contribution is 2.22. The number of nitrogens with two attached hydrogens (primary N) is 1. The molecule has 0 bridgehead atoms. The van der Waals surface area contributed by atoms with Crippen LogP contribution in [0.1, 0.15) is 37.8 Å². The third-order valence-corrected chi connectivity index (χ3v) is 3.32. The molecule has 108 valence electrons. The molecule has 19 heavy (non-hydrogen) atoms. The Morgan fingerprint density at radius 2 is 2.00 bits per heavy atom. The number of methoxy groups -OCH3 is 1. The summed E-state index contributed by atoms with van der Waals surface area (Å²) in [5.41, 5.74) is 8.71. The molecule has 0 aliphatic carbocycles. The minimum absolute atomic E-state index is 0.00981. The molecule has 1 aromatic carbocycles. The van der Waals surface area contributed by atoms with Crippen LogP contribution in [0.25, 0.3) is 0 Å². The van der Waals surface area contributed by atoms with Crippen molar-refractivity contribution in [2.75, 3.05) is 13.7 Å². The lowest BCUT2D eigenvalue weighted by Gasteiger charge is -2.24. The fourth-order valence-electron chi connectivity index (χ4n) is 2.37. The van der Waals surface area contributed by atoms with E-state index in [1.807, 2.05) is 13.0 Å². The van der Waals surface area contributed by atoms with Crippen molar-refractivity contribution in [3.05, 3.63) is 29.3 Å². The minimum atomic E-state index is 0.00981. The number of aryl methyl sites for hydroxylation is 1. The molecule has 3 nitrogen and oxygen atoms in total. The molecule has 2 unspecified atom stereocenters. The topological polar surface area (TPSA) is 44.5 Å². The summed E-state index contributed by atoms with van der Waals surface area (Å²) in [5, 5.41) is 0. The van der Waals surface area contributed by atoms with Crippen LogP contribution in [-0.2, 0) is 11.2 Å². The first kappa shape index (κ1) is 16.0. The van der Waals surface area contributed by atoms with Crippen molar-refractivity contribution < 1.29 is 9.47 Å². The van der Waals surface area contributed by atoms with Crippen molar-refractivity contribution in [2.24, 2.45) is 5.73 Å². The van der Waals surface area contributed by atoms with Crippen LogP contribution in [0.15, 0.2) is 18.2 Å². The molecule has 3 heteroatoms. The molecule has 0 aromatic heterocycles. The molecule has 2 N–H and O–H groups in total. The highest BCUT2D eigenvalue weighted by molar-refractivity contribution is 5.37. The van der Waals surface area contributed by atoms with Crippen LogP contribution in [0, 0.1) is 6.92 Å². The lowest BCUT2D eigenvalue weighted by molar-refractivity contribution is 0.0377. The zero-order valence-corrected chi connectivity index (χ0v) is 12.6. The summed E-state index contributed by atoms with van der Waals surface area (Å²) < 4.78 is 11.2. The predicted octanol–water partition coefficient (Wildman–Crippen LogP) is 3.08. The molecule has 1 aromatic rings. The van der Waals surface area contributed by atoms with Gasteiger partial charge in [-0.25, -0.2) is 0 Å². The Hall–Kier alpha value is -1.06. The van der Waals surface area contributed by atoms with Gasteiger partial charge in [-0.05, 0) is 38.3 Å². The quantitative estimate of drug-likeness (QED) is 0.785. The molecule has 0 radical (unpaired) electrons. The van der Waals surface area contributed by atoms with E-state index >= 15 is 0 Å². The Balaban J connectivity index is 2.78. The van der Waals surface area contributed by atoms with Gasteiger partial charge in [0.15, 0.2) is 0 Å². The molecule has 2 atom stereocenters. The average Bonchev–Trinajstić information content (AvgIpc) is 2.38. The van der Waals surface area contributed by atoms with Gasteiger partial charge in [-0.15, -0.1) is 0 Å². The van der Waals surface area contributed by atoms with Crippen LogP contribution in [0.5, 0.6) is 5.75 Å². The van der Waals surface area contributed by atoms with Gasteiger partial charge in [0.25, 0.3) is 0 Å². The van der Waals surface area contributed by atoms with E-state index in [4.69, 9.17) is 15.2 Å². The fraction of sp³-hybridized carbons (Fsp3) is 0.625. The van der Waals surface area contributed by atoms with Crippen LogP contribution in [0.4, 0.5) is 0 Å². The molecular formula is C16H27NO2. The SMILES string of the molecule is CCCC(OCC)C(N)Cc1cc(C)ccc1OC. The van der Waals surface area contributed by atoms with Crippen LogP contribution in [0.3, 0.4) is 0 Å². The second-order valence-corrected chi connectivity index (χ2v) is 4.97. The first-order valence-corrected chi connectivity index (χ1v) is 7.13. The molecule has 0 fully saturated rings. The van der Waals surface area contributed by atoms with Crippen LogP contribution in [-0.4, -0.2) is 25.9 Å². The smallest absolute Gasteiger partial charge is 0.122 e. The van der Waals surface area contributed by atoms with E-state index in [-0.39, 0.29) is 12.1 Å². The Kier molecular flexibility index (Phi) is 6.89. The van der Waals surface area contributed by atoms with Crippen molar-refractivity contribution in [2.45, 2.75) is 52.2 Å². The molecule has 1 rings (SSSR count). The summed E-state index contributed by atoms with van der Waals surface area (Å²) in [7, 11) is 1.70. The number of hydrogen-bond donors (Lipinski definition) is 1. The normalized spacial score (nSPS) is 14.2. The van der Waals surface area contributed by atoms with Crippen molar-refractivity contribution in [3.63, 3.8) is 0 Å². The largest absolute Gasteiger partial charge is 0.496 e. The van der Waals surface area contributed by atoms with E-state index in [1.165, 1.54) is 5.56 Å². The number of hydrogen-bond acceptors (Lipinski definition) is 3. The lowest BCUT2D eigenvalue weighted by atomic mass is 9.97. The highest BCUT2D eigenvalue weighted by atomic mass is 16.5. The van der Waals surface area contributed by atoms with E-state index in [2.05, 4.69) is 26.0 Å². The predicted molar refractivity (Wildman–Crippen MR) is 79.7 cm³/mol. The zero-order chi connectivity index (χ0) is 14.3. The van der Waals surface area contributed by atoms with Crippen molar-refractivity contribution in [3.8, 4) is 5.75 Å². The molecule has 0 spiro atoms. The third kappa shape index (κ3) is 4.84. The van der Waals surface area contributed by atoms with E-state index in [0.717, 1.165) is 30.6 Å². The van der Waals surface area contributed by atoms with Crippen LogP contribution in [0.2, 0.25) is 0 Å². The van der Waals surface area contributed by atoms with Gasteiger partial charge in [-0.2, -0.15) is 0 Å². The van der Waals surface area contributed by atoms with Gasteiger partial charge in [0, 0.05) is 12.6 Å². The van der Waals surface area contributed by atoms with Gasteiger partial charge in [0.05, 0.1) is 13.2 Å². The molecule has 0 saturated carbocycles. The average molecular weight is 265 g/mol. The Morgan fingerprint density at radius 3 is 2.58 bits per heavy atom. The van der Waals surface area contributed by atoms with Gasteiger partial charge in [0.2, 0.25) is 0 Å². The maximum Gasteiger partial charge on any atom is 0.122 e. The lowest BCUT2D eigenvalue weighted by Crippen LogP contribution is -2.38. The number of benzene rings is 1. The zero-order valence-electron chi connectivity index (χ0n) is 12.6. The first-order valence-electron chi connectivity index (χ1n) is 7.13. The van der Waals surface area contributed by atoms with Gasteiger partial charge in [-0.1, -0.05) is 31.0 Å². The van der Waals surface area contributed by atoms with E-state index in [0.29, 0.717) is 6.61 Å². The molecule has 0 heterocycles. The summed E-state index contributed by atoms with van der Waals surface area (Å²) in [6.07, 6.45) is 3.00. The Morgan fingerprint density at radius 1 is 1.26 bits per heavy atom. The van der Waals surface area contributed by atoms with Gasteiger partial charge in [0.1, 0.15) is 5.75 Å². The maximum absolute atomic E-state index is 6.32. The summed E-state index contributed by atoms with van der Waals surface area (Å²) in [6, 6.07) is 6.22. The van der Waals surface area contributed by atoms with Gasteiger partial charge in [-0.3, -0.25) is 0 Å². The number of rotatable bonds is 8. The van der Waals surface area contributed by atoms with Gasteiger partial charge < -0.3 is 15.2 Å². The summed E-state index contributed by atoms with van der Waals surface area (Å²) in [5.74, 6) is 0.910. The molecule has 0 aliphatic rings. The number of ether oxygens (including phenoxy) is 2.